The normalized spacial score (nSPS) is 9.20. The van der Waals surface area contributed by atoms with Crippen molar-refractivity contribution in [1.29, 1.82) is 0 Å². The van der Waals surface area contributed by atoms with Crippen LogP contribution >= 0.6 is 0 Å². The van der Waals surface area contributed by atoms with Crippen molar-refractivity contribution in [3.05, 3.63) is 65.7 Å². The van der Waals surface area contributed by atoms with Gasteiger partial charge < -0.3 is 4.74 Å². The summed E-state index contributed by atoms with van der Waals surface area (Å²) in [6.07, 6.45) is 0.720. The van der Waals surface area contributed by atoms with Crippen molar-refractivity contribution >= 4 is 12.1 Å². The lowest BCUT2D eigenvalue weighted by atomic mass is 10.1. The van der Waals surface area contributed by atoms with Gasteiger partial charge in [0.2, 0.25) is 5.78 Å². The zero-order chi connectivity index (χ0) is 14.2. The molecule has 0 heterocycles. The summed E-state index contributed by atoms with van der Waals surface area (Å²) in [6, 6.07) is 15.7. The maximum Gasteiger partial charge on any atom is 0.236 e. The van der Waals surface area contributed by atoms with Gasteiger partial charge in [-0.1, -0.05) is 48.4 Å². The lowest BCUT2D eigenvalue weighted by Crippen LogP contribution is -1.99. The van der Waals surface area contributed by atoms with Gasteiger partial charge in [0.25, 0.3) is 0 Å². The summed E-state index contributed by atoms with van der Waals surface area (Å²) in [5.41, 5.74) is 1.01. The van der Waals surface area contributed by atoms with Gasteiger partial charge in [0, 0.05) is 5.56 Å². The molecule has 3 nitrogen and oxygen atoms in total. The van der Waals surface area contributed by atoms with Crippen LogP contribution in [0.2, 0.25) is 0 Å². The van der Waals surface area contributed by atoms with Crippen LogP contribution in [0.5, 0.6) is 5.75 Å². The summed E-state index contributed by atoms with van der Waals surface area (Å²) < 4.78 is 5.36. The third kappa shape index (κ3) is 3.56. The van der Waals surface area contributed by atoms with Crippen LogP contribution in [-0.2, 0) is 0 Å². The van der Waals surface area contributed by atoms with E-state index in [4.69, 9.17) is 4.74 Å². The van der Waals surface area contributed by atoms with Crippen molar-refractivity contribution in [2.24, 2.45) is 0 Å². The highest BCUT2D eigenvalue weighted by Crippen LogP contribution is 2.14. The van der Waals surface area contributed by atoms with Crippen molar-refractivity contribution < 1.29 is 14.3 Å². The number of benzene rings is 2. The minimum atomic E-state index is -0.252. The maximum atomic E-state index is 11.7. The van der Waals surface area contributed by atoms with Crippen molar-refractivity contribution in [3.8, 4) is 17.6 Å². The molecule has 3 heteroatoms. The second kappa shape index (κ2) is 6.91. The van der Waals surface area contributed by atoms with E-state index in [1.165, 1.54) is 0 Å². The minimum absolute atomic E-state index is 0.0590. The highest BCUT2D eigenvalue weighted by atomic mass is 16.5. The molecular formula is C17H12O3. The first-order valence-corrected chi connectivity index (χ1v) is 6.06. The van der Waals surface area contributed by atoms with E-state index in [1.54, 1.807) is 48.5 Å². The highest BCUT2D eigenvalue weighted by molar-refractivity contribution is 6.08. The lowest BCUT2D eigenvalue weighted by molar-refractivity contribution is 0.105. The van der Waals surface area contributed by atoms with Crippen molar-refractivity contribution in [2.75, 3.05) is 6.61 Å². The third-order valence-electron chi connectivity index (χ3n) is 2.58. The third-order valence-corrected chi connectivity index (χ3v) is 2.58. The molecule has 2 aromatic carbocycles. The molecule has 20 heavy (non-hydrogen) atoms. The molecule has 0 bridgehead atoms. The van der Waals surface area contributed by atoms with Crippen molar-refractivity contribution in [2.45, 2.75) is 0 Å². The molecule has 0 saturated carbocycles. The van der Waals surface area contributed by atoms with Gasteiger partial charge in [0.05, 0.1) is 5.56 Å². The van der Waals surface area contributed by atoms with Gasteiger partial charge in [-0.2, -0.15) is 0 Å². The number of hydrogen-bond acceptors (Lipinski definition) is 3. The summed E-state index contributed by atoms with van der Waals surface area (Å²) in [6.45, 7) is 0.0590. The Hall–Kier alpha value is -2.86. The molecule has 2 aromatic rings. The molecule has 0 spiro atoms. The molecule has 0 N–H and O–H groups in total. The summed E-state index contributed by atoms with van der Waals surface area (Å²) in [5.74, 6) is 5.36. The molecule has 2 rings (SSSR count). The molecule has 0 amide bonds. The Morgan fingerprint density at radius 3 is 2.50 bits per heavy atom. The SMILES string of the molecule is O=Cc1ccccc1OCC#CC(=O)c1ccccc1. The molecular weight excluding hydrogens is 252 g/mol. The van der Waals surface area contributed by atoms with Gasteiger partial charge in [-0.15, -0.1) is 0 Å². The van der Waals surface area contributed by atoms with E-state index >= 15 is 0 Å². The van der Waals surface area contributed by atoms with Crippen LogP contribution in [0, 0.1) is 11.8 Å². The number of Topliss-reactive ketones (excluding diaryl/α,β-unsaturated/α-hetero) is 1. The molecule has 0 aliphatic heterocycles. The number of carbonyl (C=O) groups is 2. The van der Waals surface area contributed by atoms with Crippen LogP contribution in [0.4, 0.5) is 0 Å². The fourth-order valence-corrected chi connectivity index (χ4v) is 1.60. The number of hydrogen-bond donors (Lipinski definition) is 0. The van der Waals surface area contributed by atoms with E-state index in [2.05, 4.69) is 11.8 Å². The van der Waals surface area contributed by atoms with E-state index in [0.717, 1.165) is 6.29 Å². The number of rotatable bonds is 4. The van der Waals surface area contributed by atoms with E-state index < -0.39 is 0 Å². The predicted octanol–water partition coefficient (Wildman–Crippen LogP) is 2.76. The molecule has 0 saturated heterocycles. The quantitative estimate of drug-likeness (QED) is 0.369. The fourth-order valence-electron chi connectivity index (χ4n) is 1.60. The summed E-state index contributed by atoms with van der Waals surface area (Å²) >= 11 is 0. The number of carbonyl (C=O) groups excluding carboxylic acids is 2. The fraction of sp³-hybridized carbons (Fsp3) is 0.0588. The number of aldehydes is 1. The Labute approximate surface area is 117 Å². The largest absolute Gasteiger partial charge is 0.480 e. The average Bonchev–Trinajstić information content (AvgIpc) is 2.52. The van der Waals surface area contributed by atoms with Gasteiger partial charge in [0.15, 0.2) is 6.29 Å². The first-order chi connectivity index (χ1) is 9.81. The average molecular weight is 264 g/mol. The first-order valence-electron chi connectivity index (χ1n) is 6.06. The summed E-state index contributed by atoms with van der Waals surface area (Å²) in [4.78, 5) is 22.5. The molecule has 0 aliphatic rings. The van der Waals surface area contributed by atoms with Gasteiger partial charge in [-0.05, 0) is 18.1 Å². The van der Waals surface area contributed by atoms with Crippen LogP contribution in [-0.4, -0.2) is 18.7 Å². The topological polar surface area (TPSA) is 43.4 Å². The summed E-state index contributed by atoms with van der Waals surface area (Å²) in [7, 11) is 0. The molecule has 0 aliphatic carbocycles. The smallest absolute Gasteiger partial charge is 0.236 e. The van der Waals surface area contributed by atoms with Crippen LogP contribution < -0.4 is 4.74 Å². The lowest BCUT2D eigenvalue weighted by Gasteiger charge is -2.03. The molecule has 0 aromatic heterocycles. The molecule has 98 valence electrons. The van der Waals surface area contributed by atoms with Gasteiger partial charge >= 0.3 is 0 Å². The minimum Gasteiger partial charge on any atom is -0.480 e. The zero-order valence-corrected chi connectivity index (χ0v) is 10.7. The van der Waals surface area contributed by atoms with Gasteiger partial charge in [-0.25, -0.2) is 0 Å². The number of ether oxygens (including phenoxy) is 1. The first kappa shape index (κ1) is 13.6. The molecule has 0 atom stereocenters. The molecule has 0 radical (unpaired) electrons. The second-order valence-corrected chi connectivity index (χ2v) is 3.94. The zero-order valence-electron chi connectivity index (χ0n) is 10.7. The Morgan fingerprint density at radius 1 is 1.05 bits per heavy atom. The van der Waals surface area contributed by atoms with E-state index in [0.29, 0.717) is 16.9 Å². The van der Waals surface area contributed by atoms with Crippen LogP contribution in [0.1, 0.15) is 20.7 Å². The maximum absolute atomic E-state index is 11.7. The Balaban J connectivity index is 1.95. The Morgan fingerprint density at radius 2 is 1.75 bits per heavy atom. The van der Waals surface area contributed by atoms with Crippen molar-refractivity contribution in [1.82, 2.24) is 0 Å². The number of para-hydroxylation sites is 1. The monoisotopic (exact) mass is 264 g/mol. The molecule has 0 unspecified atom stereocenters. The Bertz CT molecular complexity index is 663. The second-order valence-electron chi connectivity index (χ2n) is 3.94. The van der Waals surface area contributed by atoms with Gasteiger partial charge in [0.1, 0.15) is 12.4 Å². The highest BCUT2D eigenvalue weighted by Gasteiger charge is 2.01. The van der Waals surface area contributed by atoms with E-state index in [-0.39, 0.29) is 12.4 Å². The van der Waals surface area contributed by atoms with Crippen LogP contribution in [0.25, 0.3) is 0 Å². The van der Waals surface area contributed by atoms with E-state index in [1.807, 2.05) is 6.07 Å². The molecule has 0 fully saturated rings. The van der Waals surface area contributed by atoms with Crippen LogP contribution in [0.3, 0.4) is 0 Å². The summed E-state index contributed by atoms with van der Waals surface area (Å²) in [5, 5.41) is 0. The predicted molar refractivity (Wildman–Crippen MR) is 75.9 cm³/mol. The van der Waals surface area contributed by atoms with E-state index in [9.17, 15) is 9.59 Å². The van der Waals surface area contributed by atoms with Gasteiger partial charge in [-0.3, -0.25) is 9.59 Å². The standard InChI is InChI=1S/C17H12O3/c18-13-15-9-4-5-11-17(15)20-12-6-10-16(19)14-7-2-1-3-8-14/h1-5,7-9,11,13H,12H2. The number of ketones is 1. The van der Waals surface area contributed by atoms with Crippen LogP contribution in [0.15, 0.2) is 54.6 Å². The van der Waals surface area contributed by atoms with Crippen molar-refractivity contribution in [3.63, 3.8) is 0 Å². The Kier molecular flexibility index (Phi) is 4.69.